The van der Waals surface area contributed by atoms with Gasteiger partial charge in [-0.25, -0.2) is 0 Å². The first-order chi connectivity index (χ1) is 14.2. The minimum absolute atomic E-state index is 0.860. The first kappa shape index (κ1) is 19.6. The predicted octanol–water partition coefficient (Wildman–Crippen LogP) is 5.70. The summed E-state index contributed by atoms with van der Waals surface area (Å²) < 4.78 is 0. The van der Waals surface area contributed by atoms with E-state index in [1.807, 2.05) is 0 Å². The average molecular weight is 402 g/mol. The molecule has 0 bridgehead atoms. The van der Waals surface area contributed by atoms with Gasteiger partial charge in [0.25, 0.3) is 0 Å². The Hall–Kier alpha value is -2.69. The molecule has 0 fully saturated rings. The maximum absolute atomic E-state index is 4.71. The molecule has 0 unspecified atom stereocenters. The second-order valence-corrected chi connectivity index (χ2v) is 7.71. The van der Waals surface area contributed by atoms with E-state index in [9.17, 15) is 0 Å². The third-order valence-corrected chi connectivity index (χ3v) is 5.74. The lowest BCUT2D eigenvalue weighted by molar-refractivity contribution is 0.719. The Labute approximate surface area is 177 Å². The van der Waals surface area contributed by atoms with Gasteiger partial charge in [-0.05, 0) is 34.7 Å². The second kappa shape index (κ2) is 9.21. The van der Waals surface area contributed by atoms with Gasteiger partial charge in [-0.1, -0.05) is 66.7 Å². The monoisotopic (exact) mass is 401 g/mol. The molecule has 4 rings (SSSR count). The zero-order valence-electron chi connectivity index (χ0n) is 16.7. The van der Waals surface area contributed by atoms with Gasteiger partial charge < -0.3 is 16.0 Å². The van der Waals surface area contributed by atoms with E-state index in [-0.39, 0.29) is 0 Å². The zero-order chi connectivity index (χ0) is 20.1. The van der Waals surface area contributed by atoms with E-state index in [0.29, 0.717) is 0 Å². The highest BCUT2D eigenvalue weighted by Crippen LogP contribution is 2.29. The number of aryl methyl sites for hydroxylation is 1. The molecule has 0 heterocycles. The quantitative estimate of drug-likeness (QED) is 0.226. The van der Waals surface area contributed by atoms with Crippen LogP contribution >= 0.6 is 12.6 Å². The molecule has 29 heavy (non-hydrogen) atoms. The Bertz CT molecular complexity index is 1120. The van der Waals surface area contributed by atoms with Gasteiger partial charge in [0.05, 0.1) is 0 Å². The summed E-state index contributed by atoms with van der Waals surface area (Å²) in [5.74, 6) is 0. The number of anilines is 2. The van der Waals surface area contributed by atoms with Crippen molar-refractivity contribution in [3.05, 3.63) is 78.4 Å². The SMILES string of the molecule is Cc1ccc2ccccc2c1NCCNCCNc1ccc2ccccc2c1S. The molecule has 4 aromatic rings. The fourth-order valence-electron chi connectivity index (χ4n) is 3.70. The second-order valence-electron chi connectivity index (χ2n) is 7.27. The molecule has 0 amide bonds. The number of thiol groups is 1. The normalized spacial score (nSPS) is 11.1. The number of rotatable bonds is 8. The van der Waals surface area contributed by atoms with Crippen molar-refractivity contribution in [1.29, 1.82) is 0 Å². The molecule has 3 N–H and O–H groups in total. The fraction of sp³-hybridized carbons (Fsp3) is 0.200. The molecule has 0 aromatic heterocycles. The summed E-state index contributed by atoms with van der Waals surface area (Å²) >= 11 is 4.71. The van der Waals surface area contributed by atoms with Crippen LogP contribution in [0.2, 0.25) is 0 Å². The number of benzene rings is 4. The van der Waals surface area contributed by atoms with Gasteiger partial charge in [-0.15, -0.1) is 12.6 Å². The molecule has 0 saturated carbocycles. The Morgan fingerprint density at radius 3 is 2.07 bits per heavy atom. The largest absolute Gasteiger partial charge is 0.383 e. The summed E-state index contributed by atoms with van der Waals surface area (Å²) in [6.07, 6.45) is 0. The number of hydrogen-bond acceptors (Lipinski definition) is 4. The van der Waals surface area contributed by atoms with E-state index in [2.05, 4.69) is 95.7 Å². The summed E-state index contributed by atoms with van der Waals surface area (Å²) in [4.78, 5) is 1.01. The maximum atomic E-state index is 4.71. The van der Waals surface area contributed by atoms with Crippen LogP contribution in [-0.2, 0) is 0 Å². The highest BCUT2D eigenvalue weighted by Gasteiger charge is 2.04. The summed E-state index contributed by atoms with van der Waals surface area (Å²) in [5.41, 5.74) is 3.60. The molecule has 0 aliphatic carbocycles. The molecular weight excluding hydrogens is 374 g/mol. The van der Waals surface area contributed by atoms with E-state index < -0.39 is 0 Å². The van der Waals surface area contributed by atoms with Crippen LogP contribution in [0.1, 0.15) is 5.56 Å². The first-order valence-electron chi connectivity index (χ1n) is 10.1. The smallest absolute Gasteiger partial charge is 0.0482 e. The highest BCUT2D eigenvalue weighted by molar-refractivity contribution is 7.80. The van der Waals surface area contributed by atoms with Crippen molar-refractivity contribution in [2.45, 2.75) is 11.8 Å². The molecule has 0 radical (unpaired) electrons. The molecule has 0 atom stereocenters. The summed E-state index contributed by atoms with van der Waals surface area (Å²) in [6.45, 7) is 5.72. The van der Waals surface area contributed by atoms with Crippen LogP contribution < -0.4 is 16.0 Å². The van der Waals surface area contributed by atoms with Crippen LogP contribution in [0.5, 0.6) is 0 Å². The van der Waals surface area contributed by atoms with Crippen LogP contribution in [-0.4, -0.2) is 26.2 Å². The lowest BCUT2D eigenvalue weighted by Crippen LogP contribution is -2.27. The molecular formula is C25H27N3S. The van der Waals surface area contributed by atoms with Gasteiger partial charge in [0.2, 0.25) is 0 Å². The summed E-state index contributed by atoms with van der Waals surface area (Å²) in [7, 11) is 0. The minimum atomic E-state index is 0.860. The van der Waals surface area contributed by atoms with Crippen LogP contribution in [0.4, 0.5) is 11.4 Å². The third-order valence-electron chi connectivity index (χ3n) is 5.26. The molecule has 3 nitrogen and oxygen atoms in total. The highest BCUT2D eigenvalue weighted by atomic mass is 32.1. The van der Waals surface area contributed by atoms with Crippen molar-refractivity contribution in [2.24, 2.45) is 0 Å². The molecule has 0 saturated heterocycles. The van der Waals surface area contributed by atoms with Crippen LogP contribution in [0.25, 0.3) is 21.5 Å². The standard InChI is InChI=1S/C25H27N3S/c1-18-10-11-19-6-2-4-8-21(19)24(18)28-17-15-26-14-16-27-23-13-12-20-7-3-5-9-22(20)25(23)29/h2-13,26-29H,14-17H2,1H3. The Morgan fingerprint density at radius 1 is 0.655 bits per heavy atom. The van der Waals surface area contributed by atoms with Crippen molar-refractivity contribution in [1.82, 2.24) is 5.32 Å². The number of fused-ring (bicyclic) bond motifs is 2. The van der Waals surface area contributed by atoms with Crippen LogP contribution in [0.15, 0.2) is 77.7 Å². The van der Waals surface area contributed by atoms with Gasteiger partial charge in [0, 0.05) is 47.8 Å². The van der Waals surface area contributed by atoms with Crippen LogP contribution in [0, 0.1) is 6.92 Å². The van der Waals surface area contributed by atoms with E-state index in [1.165, 1.54) is 32.8 Å². The fourth-order valence-corrected chi connectivity index (χ4v) is 4.06. The van der Waals surface area contributed by atoms with E-state index in [4.69, 9.17) is 12.6 Å². The molecule has 0 aliphatic rings. The van der Waals surface area contributed by atoms with Crippen molar-refractivity contribution < 1.29 is 0 Å². The molecule has 148 valence electrons. The molecule has 4 aromatic carbocycles. The lowest BCUT2D eigenvalue weighted by Gasteiger charge is -2.14. The predicted molar refractivity (Wildman–Crippen MR) is 130 cm³/mol. The van der Waals surface area contributed by atoms with E-state index in [0.717, 1.165) is 36.8 Å². The molecule has 0 aliphatic heterocycles. The maximum Gasteiger partial charge on any atom is 0.0482 e. The van der Waals surface area contributed by atoms with Crippen molar-refractivity contribution in [2.75, 3.05) is 36.8 Å². The third kappa shape index (κ3) is 4.50. The molecule has 0 spiro atoms. The van der Waals surface area contributed by atoms with Crippen LogP contribution in [0.3, 0.4) is 0 Å². The minimum Gasteiger partial charge on any atom is -0.383 e. The number of hydrogen-bond donors (Lipinski definition) is 4. The number of nitrogens with one attached hydrogen (secondary N) is 3. The topological polar surface area (TPSA) is 36.1 Å². The van der Waals surface area contributed by atoms with Crippen molar-refractivity contribution in [3.8, 4) is 0 Å². The lowest BCUT2D eigenvalue weighted by atomic mass is 10.0. The van der Waals surface area contributed by atoms with Gasteiger partial charge in [-0.3, -0.25) is 0 Å². The Balaban J connectivity index is 1.24. The zero-order valence-corrected chi connectivity index (χ0v) is 17.6. The van der Waals surface area contributed by atoms with Crippen molar-refractivity contribution >= 4 is 45.5 Å². The first-order valence-corrected chi connectivity index (χ1v) is 10.6. The Kier molecular flexibility index (Phi) is 6.23. The van der Waals surface area contributed by atoms with Crippen molar-refractivity contribution in [3.63, 3.8) is 0 Å². The Morgan fingerprint density at radius 2 is 1.28 bits per heavy atom. The van der Waals surface area contributed by atoms with Gasteiger partial charge in [0.15, 0.2) is 0 Å². The average Bonchev–Trinajstić information content (AvgIpc) is 2.76. The van der Waals surface area contributed by atoms with Gasteiger partial charge in [-0.2, -0.15) is 0 Å². The van der Waals surface area contributed by atoms with E-state index >= 15 is 0 Å². The summed E-state index contributed by atoms with van der Waals surface area (Å²) in [6, 6.07) is 25.5. The van der Waals surface area contributed by atoms with E-state index in [1.54, 1.807) is 0 Å². The van der Waals surface area contributed by atoms with Gasteiger partial charge >= 0.3 is 0 Å². The summed E-state index contributed by atoms with van der Waals surface area (Å²) in [5, 5.41) is 15.5. The van der Waals surface area contributed by atoms with Gasteiger partial charge in [0.1, 0.15) is 0 Å². The molecule has 4 heteroatoms.